The Morgan fingerprint density at radius 1 is 1.04 bits per heavy atom. The van der Waals surface area contributed by atoms with E-state index in [4.69, 9.17) is 18.1 Å². The average Bonchev–Trinajstić information content (AvgIpc) is 3.61. The third-order valence-corrected chi connectivity index (χ3v) is 14.1. The van der Waals surface area contributed by atoms with Gasteiger partial charge in [0, 0.05) is 21.2 Å². The first-order valence-corrected chi connectivity index (χ1v) is 18.4. The van der Waals surface area contributed by atoms with Gasteiger partial charge in [0.25, 0.3) is 13.9 Å². The van der Waals surface area contributed by atoms with Gasteiger partial charge >= 0.3 is 15.6 Å². The summed E-state index contributed by atoms with van der Waals surface area (Å²) in [5.41, 5.74) is -6.52. The molecular formula is C31H37F3N6O7SSi. The number of methoxy groups -OCH3 is 1. The molecular weight excluding hydrogens is 686 g/mol. The second-order valence-corrected chi connectivity index (χ2v) is 18.5. The number of hydrogen-bond donors (Lipinski definition) is 1. The van der Waals surface area contributed by atoms with Crippen LogP contribution in [0.15, 0.2) is 76.8 Å². The minimum Gasteiger partial charge on any atom is -0.405 e. The first-order valence-electron chi connectivity index (χ1n) is 15.1. The first-order chi connectivity index (χ1) is 23.0. The van der Waals surface area contributed by atoms with Gasteiger partial charge in [-0.25, -0.2) is 9.98 Å². The lowest BCUT2D eigenvalue weighted by molar-refractivity contribution is -0.0672. The van der Waals surface area contributed by atoms with E-state index in [1.165, 1.54) is 24.3 Å². The van der Waals surface area contributed by atoms with Crippen LogP contribution in [0.4, 0.5) is 19.1 Å². The van der Waals surface area contributed by atoms with Crippen molar-refractivity contribution in [3.8, 4) is 0 Å². The van der Waals surface area contributed by atoms with Gasteiger partial charge in [-0.2, -0.15) is 26.6 Å². The fourth-order valence-electron chi connectivity index (χ4n) is 5.93. The molecule has 1 aliphatic heterocycles. The van der Waals surface area contributed by atoms with E-state index >= 15 is 0 Å². The summed E-state index contributed by atoms with van der Waals surface area (Å²) in [7, 11) is -4.81. The van der Waals surface area contributed by atoms with Crippen molar-refractivity contribution in [3.05, 3.63) is 77.3 Å². The quantitative estimate of drug-likeness (QED) is 0.0805. The van der Waals surface area contributed by atoms with Crippen LogP contribution in [-0.4, -0.2) is 99.1 Å². The Morgan fingerprint density at radius 2 is 1.63 bits per heavy atom. The number of imidazole rings is 1. The van der Waals surface area contributed by atoms with Crippen molar-refractivity contribution >= 4 is 52.3 Å². The molecule has 0 bridgehead atoms. The SMILES string of the molecule is CO[C@@H]1[C@H](OS(=O)(=O)C(F)(F)F)[C@@H](CO[Si](c2ccccc2)(c2ccccc2)C(C)(C)C)O[C@H]1n1cnc2c(=O)[nH]c(/N=C/N(C)C)nc21. The van der Waals surface area contributed by atoms with Crippen LogP contribution in [0.2, 0.25) is 5.04 Å². The summed E-state index contributed by atoms with van der Waals surface area (Å²) in [5, 5.41) is 1.22. The second kappa shape index (κ2) is 13.8. The number of aromatic nitrogens is 4. The average molecular weight is 723 g/mol. The summed E-state index contributed by atoms with van der Waals surface area (Å²) < 4.78 is 91.0. The van der Waals surface area contributed by atoms with Crippen LogP contribution in [0.25, 0.3) is 11.2 Å². The number of nitrogens with zero attached hydrogens (tertiary/aromatic N) is 5. The summed E-state index contributed by atoms with van der Waals surface area (Å²) in [4.78, 5) is 29.6. The molecule has 0 amide bonds. The lowest BCUT2D eigenvalue weighted by atomic mass is 10.1. The lowest BCUT2D eigenvalue weighted by Gasteiger charge is -2.43. The predicted molar refractivity (Wildman–Crippen MR) is 178 cm³/mol. The van der Waals surface area contributed by atoms with Crippen molar-refractivity contribution in [1.29, 1.82) is 0 Å². The van der Waals surface area contributed by atoms with E-state index < -0.39 is 59.1 Å². The lowest BCUT2D eigenvalue weighted by Crippen LogP contribution is -2.67. The fraction of sp³-hybridized carbons (Fsp3) is 0.419. The number of alkyl halides is 3. The Balaban J connectivity index is 1.62. The Labute approximate surface area is 282 Å². The van der Waals surface area contributed by atoms with E-state index in [0.29, 0.717) is 0 Å². The molecule has 4 atom stereocenters. The van der Waals surface area contributed by atoms with Crippen molar-refractivity contribution in [2.45, 2.75) is 55.9 Å². The van der Waals surface area contributed by atoms with Crippen LogP contribution in [0.3, 0.4) is 0 Å². The van der Waals surface area contributed by atoms with Gasteiger partial charge in [-0.05, 0) is 15.4 Å². The van der Waals surface area contributed by atoms with Gasteiger partial charge in [-0.1, -0.05) is 81.4 Å². The smallest absolute Gasteiger partial charge is 0.405 e. The summed E-state index contributed by atoms with van der Waals surface area (Å²) in [5.74, 6) is -0.0843. The topological polar surface area (TPSA) is 150 Å². The zero-order valence-corrected chi connectivity index (χ0v) is 29.4. The third-order valence-electron chi connectivity index (χ3n) is 8.06. The Kier molecular flexibility index (Phi) is 10.2. The maximum Gasteiger partial charge on any atom is 0.523 e. The van der Waals surface area contributed by atoms with Gasteiger partial charge in [-0.15, -0.1) is 0 Å². The van der Waals surface area contributed by atoms with Crippen LogP contribution in [-0.2, 0) is 28.2 Å². The van der Waals surface area contributed by atoms with E-state index in [2.05, 4.69) is 19.9 Å². The van der Waals surface area contributed by atoms with Gasteiger partial charge < -0.3 is 18.8 Å². The third kappa shape index (κ3) is 7.06. The van der Waals surface area contributed by atoms with Crippen molar-refractivity contribution in [1.82, 2.24) is 24.4 Å². The molecule has 18 heteroatoms. The van der Waals surface area contributed by atoms with Crippen molar-refractivity contribution in [2.24, 2.45) is 4.99 Å². The molecule has 1 aliphatic rings. The number of fused-ring (bicyclic) bond motifs is 1. The maximum atomic E-state index is 13.7. The molecule has 13 nitrogen and oxygen atoms in total. The number of halogens is 3. The molecule has 5 rings (SSSR count). The van der Waals surface area contributed by atoms with Crippen molar-refractivity contribution < 1.29 is 39.7 Å². The Morgan fingerprint density at radius 3 is 2.14 bits per heavy atom. The summed E-state index contributed by atoms with van der Waals surface area (Å²) in [6.07, 6.45) is -3.47. The summed E-state index contributed by atoms with van der Waals surface area (Å²) in [6.45, 7) is 5.64. The van der Waals surface area contributed by atoms with Crippen LogP contribution < -0.4 is 15.9 Å². The number of ether oxygens (including phenoxy) is 2. The van der Waals surface area contributed by atoms with Crippen molar-refractivity contribution in [3.63, 3.8) is 0 Å². The highest BCUT2D eigenvalue weighted by atomic mass is 32.2. The molecule has 2 aromatic heterocycles. The predicted octanol–water partition coefficient (Wildman–Crippen LogP) is 3.06. The standard InChI is InChI=1S/C31H37F3N6O7SSi/c1-30(2,3)49(20-13-9-7-10-14-20,21-15-11-8-12-16-21)45-17-22-24(47-48(42,43)31(32,33)34)25(44-6)28(46-22)40-19-35-23-26(40)37-29(38-27(23)41)36-18-39(4)5/h7-16,18-19,22,24-25,28H,17H2,1-6H3,(H,37,38,41)/b36-18+/t22-,24-,25-,28-/m1/s1. The molecule has 1 fully saturated rings. The fourth-order valence-corrected chi connectivity index (χ4v) is 11.1. The number of aliphatic imine (C=N–C) groups is 1. The Hall–Kier alpha value is -3.94. The molecule has 0 radical (unpaired) electrons. The molecule has 0 spiro atoms. The molecule has 0 aliphatic carbocycles. The van der Waals surface area contributed by atoms with E-state index in [1.807, 2.05) is 81.4 Å². The molecule has 2 aromatic carbocycles. The second-order valence-electron chi connectivity index (χ2n) is 12.6. The number of H-pyrrole nitrogens is 1. The van der Waals surface area contributed by atoms with Crippen molar-refractivity contribution in [2.75, 3.05) is 27.8 Å². The molecule has 3 heterocycles. The molecule has 1 N–H and O–H groups in total. The van der Waals surface area contributed by atoms with E-state index in [1.54, 1.807) is 19.0 Å². The highest BCUT2D eigenvalue weighted by Gasteiger charge is 2.57. The number of aromatic amines is 1. The number of benzene rings is 2. The largest absolute Gasteiger partial charge is 0.523 e. The molecule has 264 valence electrons. The first kappa shape index (κ1) is 36.3. The van der Waals surface area contributed by atoms with Gasteiger partial charge in [0.2, 0.25) is 5.95 Å². The number of rotatable bonds is 11. The van der Waals surface area contributed by atoms with Gasteiger partial charge in [-0.3, -0.25) is 18.5 Å². The molecule has 49 heavy (non-hydrogen) atoms. The van der Waals surface area contributed by atoms with Gasteiger partial charge in [0.1, 0.15) is 18.3 Å². The maximum absolute atomic E-state index is 13.7. The zero-order chi connectivity index (χ0) is 35.8. The monoisotopic (exact) mass is 722 g/mol. The minimum absolute atomic E-state index is 0.0345. The summed E-state index contributed by atoms with van der Waals surface area (Å²) in [6, 6.07) is 18.9. The van der Waals surface area contributed by atoms with Gasteiger partial charge in [0.05, 0.1) is 19.3 Å². The molecule has 4 aromatic rings. The molecule has 0 saturated carbocycles. The van der Waals surface area contributed by atoms with E-state index in [-0.39, 0.29) is 23.7 Å². The van der Waals surface area contributed by atoms with E-state index in [9.17, 15) is 26.4 Å². The zero-order valence-electron chi connectivity index (χ0n) is 27.6. The highest BCUT2D eigenvalue weighted by molar-refractivity contribution is 7.87. The summed E-state index contributed by atoms with van der Waals surface area (Å²) >= 11 is 0. The number of hydrogen-bond acceptors (Lipinski definition) is 10. The van der Waals surface area contributed by atoms with E-state index in [0.717, 1.165) is 10.4 Å². The normalized spacial score (nSPS) is 20.8. The number of nitrogens with one attached hydrogen (secondary N) is 1. The Bertz CT molecular complexity index is 1910. The van der Waals surface area contributed by atoms with Crippen LogP contribution >= 0.6 is 0 Å². The minimum atomic E-state index is -6.13. The molecule has 1 saturated heterocycles. The van der Waals surface area contributed by atoms with Crippen LogP contribution in [0.1, 0.15) is 27.0 Å². The van der Waals surface area contributed by atoms with Crippen LogP contribution in [0, 0.1) is 0 Å². The molecule has 0 unspecified atom stereocenters. The van der Waals surface area contributed by atoms with Crippen LogP contribution in [0.5, 0.6) is 0 Å². The highest BCUT2D eigenvalue weighted by Crippen LogP contribution is 2.41. The van der Waals surface area contributed by atoms with Gasteiger partial charge in [0.15, 0.2) is 17.4 Å².